The van der Waals surface area contributed by atoms with Crippen molar-refractivity contribution in [2.75, 3.05) is 20.7 Å². The normalized spacial score (nSPS) is 31.9. The molecule has 2 amide bonds. The largest absolute Gasteiger partial charge is 0.497 e. The van der Waals surface area contributed by atoms with Gasteiger partial charge in [0.2, 0.25) is 0 Å². The maximum Gasteiger partial charge on any atom is 0.261 e. The standard InChI is InChI=1S/C26H31N3O3/c1-25-11-10-17(27)15-26(25,16-6-4-7-18(14-16)32-3)12-13-28-22(25)19-8-5-9-20-21(19)24(31)29(2)23(20)30/h4-9,14,17,22,28H,10-13,15,27H2,1-3H3. The van der Waals surface area contributed by atoms with Crippen molar-refractivity contribution in [2.45, 2.75) is 50.1 Å². The Balaban J connectivity index is 1.69. The third kappa shape index (κ3) is 2.79. The molecule has 2 aromatic carbocycles. The lowest BCUT2D eigenvalue weighted by atomic mass is 9.47. The van der Waals surface area contributed by atoms with Gasteiger partial charge in [0.05, 0.1) is 18.2 Å². The minimum atomic E-state index is -0.225. The highest BCUT2D eigenvalue weighted by Gasteiger charge is 2.58. The third-order valence-corrected chi connectivity index (χ3v) is 8.36. The van der Waals surface area contributed by atoms with Gasteiger partial charge < -0.3 is 15.8 Å². The highest BCUT2D eigenvalue weighted by Crippen LogP contribution is 2.61. The topological polar surface area (TPSA) is 84.7 Å². The summed E-state index contributed by atoms with van der Waals surface area (Å²) < 4.78 is 5.56. The number of hydrogen-bond acceptors (Lipinski definition) is 5. The molecule has 3 aliphatic rings. The molecule has 3 N–H and O–H groups in total. The van der Waals surface area contributed by atoms with E-state index in [1.165, 1.54) is 10.5 Å². The number of rotatable bonds is 3. The summed E-state index contributed by atoms with van der Waals surface area (Å²) in [6.07, 6.45) is 3.71. The predicted octanol–water partition coefficient (Wildman–Crippen LogP) is 3.41. The van der Waals surface area contributed by atoms with E-state index in [9.17, 15) is 9.59 Å². The summed E-state index contributed by atoms with van der Waals surface area (Å²) in [4.78, 5) is 26.9. The van der Waals surface area contributed by atoms with Crippen molar-refractivity contribution in [3.8, 4) is 5.75 Å². The number of benzene rings is 2. The number of carbonyl (C=O) groups is 2. The maximum absolute atomic E-state index is 13.1. The number of nitrogens with two attached hydrogens (primary N) is 1. The molecule has 0 aromatic heterocycles. The van der Waals surface area contributed by atoms with Crippen LogP contribution in [0.25, 0.3) is 0 Å². The zero-order valence-corrected chi connectivity index (χ0v) is 19.0. The highest BCUT2D eigenvalue weighted by molar-refractivity contribution is 6.21. The van der Waals surface area contributed by atoms with Gasteiger partial charge in [0.15, 0.2) is 0 Å². The van der Waals surface area contributed by atoms with Crippen molar-refractivity contribution in [3.63, 3.8) is 0 Å². The fourth-order valence-electron chi connectivity index (χ4n) is 6.60. The van der Waals surface area contributed by atoms with Crippen LogP contribution in [0.4, 0.5) is 0 Å². The zero-order valence-electron chi connectivity index (χ0n) is 19.0. The molecular weight excluding hydrogens is 402 g/mol. The zero-order chi connectivity index (χ0) is 22.7. The van der Waals surface area contributed by atoms with Gasteiger partial charge in [-0.25, -0.2) is 0 Å². The molecule has 1 aliphatic carbocycles. The Bertz CT molecular complexity index is 1100. The van der Waals surface area contributed by atoms with E-state index in [1.54, 1.807) is 20.2 Å². The fourth-order valence-corrected chi connectivity index (χ4v) is 6.60. The van der Waals surface area contributed by atoms with Crippen LogP contribution < -0.4 is 15.8 Å². The number of methoxy groups -OCH3 is 1. The monoisotopic (exact) mass is 433 g/mol. The van der Waals surface area contributed by atoms with Gasteiger partial charge in [0, 0.05) is 24.5 Å². The van der Waals surface area contributed by atoms with Gasteiger partial charge in [-0.3, -0.25) is 14.5 Å². The second kappa shape index (κ2) is 7.42. The lowest BCUT2D eigenvalue weighted by Crippen LogP contribution is -2.61. The van der Waals surface area contributed by atoms with Crippen molar-refractivity contribution < 1.29 is 14.3 Å². The van der Waals surface area contributed by atoms with Crippen LogP contribution in [0.1, 0.15) is 70.5 Å². The number of hydrogen-bond donors (Lipinski definition) is 2. The number of nitrogens with one attached hydrogen (secondary N) is 1. The van der Waals surface area contributed by atoms with E-state index in [0.29, 0.717) is 11.1 Å². The summed E-state index contributed by atoms with van der Waals surface area (Å²) in [7, 11) is 3.25. The van der Waals surface area contributed by atoms with Gasteiger partial charge in [-0.05, 0) is 67.0 Å². The summed E-state index contributed by atoms with van der Waals surface area (Å²) in [5.74, 6) is 0.407. The molecule has 0 spiro atoms. The Morgan fingerprint density at radius 2 is 1.91 bits per heavy atom. The van der Waals surface area contributed by atoms with E-state index in [4.69, 9.17) is 10.5 Å². The Morgan fingerprint density at radius 3 is 2.69 bits per heavy atom. The summed E-state index contributed by atoms with van der Waals surface area (Å²) in [5.41, 5.74) is 9.45. The van der Waals surface area contributed by atoms with Crippen LogP contribution in [0, 0.1) is 5.41 Å². The molecule has 6 heteroatoms. The first kappa shape index (κ1) is 21.2. The fraction of sp³-hybridized carbons (Fsp3) is 0.462. The molecule has 1 saturated heterocycles. The average molecular weight is 434 g/mol. The van der Waals surface area contributed by atoms with Gasteiger partial charge >= 0.3 is 0 Å². The van der Waals surface area contributed by atoms with E-state index < -0.39 is 0 Å². The molecule has 5 rings (SSSR count). The maximum atomic E-state index is 13.1. The van der Waals surface area contributed by atoms with Gasteiger partial charge in [-0.2, -0.15) is 0 Å². The number of fused-ring (bicyclic) bond motifs is 2. The first-order valence-electron chi connectivity index (χ1n) is 11.4. The highest BCUT2D eigenvalue weighted by atomic mass is 16.5. The van der Waals surface area contributed by atoms with E-state index in [-0.39, 0.29) is 34.7 Å². The molecule has 0 bridgehead atoms. The molecule has 1 saturated carbocycles. The molecular formula is C26H31N3O3. The number of nitrogens with zero attached hydrogens (tertiary/aromatic N) is 1. The Labute approximate surface area is 189 Å². The first-order chi connectivity index (χ1) is 15.3. The Morgan fingerprint density at radius 1 is 1.12 bits per heavy atom. The minimum absolute atomic E-state index is 0.0619. The average Bonchev–Trinajstić information content (AvgIpc) is 3.03. The smallest absolute Gasteiger partial charge is 0.261 e. The number of carbonyl (C=O) groups excluding carboxylic acids is 2. The first-order valence-corrected chi connectivity index (χ1v) is 11.4. The predicted molar refractivity (Wildman–Crippen MR) is 123 cm³/mol. The molecule has 6 nitrogen and oxygen atoms in total. The van der Waals surface area contributed by atoms with Gasteiger partial charge in [-0.15, -0.1) is 0 Å². The van der Waals surface area contributed by atoms with Crippen molar-refractivity contribution >= 4 is 11.8 Å². The van der Waals surface area contributed by atoms with Crippen LogP contribution in [-0.2, 0) is 5.41 Å². The molecule has 2 heterocycles. The summed E-state index contributed by atoms with van der Waals surface area (Å²) in [6, 6.07) is 14.1. The molecule has 4 atom stereocenters. The third-order valence-electron chi connectivity index (χ3n) is 8.36. The second-order valence-corrected chi connectivity index (χ2v) is 9.81. The van der Waals surface area contributed by atoms with Crippen molar-refractivity contribution in [2.24, 2.45) is 11.1 Å². The van der Waals surface area contributed by atoms with Crippen LogP contribution in [0.2, 0.25) is 0 Å². The lowest BCUT2D eigenvalue weighted by molar-refractivity contribution is -0.0113. The SMILES string of the molecule is COc1cccc(C23CCNC(c4cccc5c4C(=O)N(C)C5=O)C2(C)CCC(N)C3)c1. The molecule has 168 valence electrons. The number of imide groups is 1. The summed E-state index contributed by atoms with van der Waals surface area (Å²) in [5, 5.41) is 3.74. The van der Waals surface area contributed by atoms with E-state index in [0.717, 1.165) is 43.5 Å². The van der Waals surface area contributed by atoms with Crippen molar-refractivity contribution in [3.05, 3.63) is 64.7 Å². The lowest BCUT2D eigenvalue weighted by Gasteiger charge is -2.61. The van der Waals surface area contributed by atoms with Crippen LogP contribution in [0.5, 0.6) is 5.75 Å². The molecule has 2 fully saturated rings. The van der Waals surface area contributed by atoms with Crippen LogP contribution >= 0.6 is 0 Å². The molecule has 32 heavy (non-hydrogen) atoms. The van der Waals surface area contributed by atoms with Crippen LogP contribution in [0.15, 0.2) is 42.5 Å². The Kier molecular flexibility index (Phi) is 4.91. The Hall–Kier alpha value is -2.70. The van der Waals surface area contributed by atoms with E-state index >= 15 is 0 Å². The number of piperidine rings is 1. The van der Waals surface area contributed by atoms with Crippen molar-refractivity contribution in [1.29, 1.82) is 0 Å². The molecule has 2 aromatic rings. The molecule has 0 radical (unpaired) electrons. The summed E-state index contributed by atoms with van der Waals surface area (Å²) >= 11 is 0. The second-order valence-electron chi connectivity index (χ2n) is 9.81. The van der Waals surface area contributed by atoms with Gasteiger partial charge in [-0.1, -0.05) is 31.2 Å². The van der Waals surface area contributed by atoms with E-state index in [2.05, 4.69) is 30.4 Å². The number of amides is 2. The molecule has 4 unspecified atom stereocenters. The van der Waals surface area contributed by atoms with Crippen molar-refractivity contribution in [1.82, 2.24) is 10.2 Å². The van der Waals surface area contributed by atoms with Crippen LogP contribution in [0.3, 0.4) is 0 Å². The van der Waals surface area contributed by atoms with Gasteiger partial charge in [0.25, 0.3) is 11.8 Å². The van der Waals surface area contributed by atoms with Crippen LogP contribution in [-0.4, -0.2) is 43.5 Å². The van der Waals surface area contributed by atoms with E-state index in [1.807, 2.05) is 18.2 Å². The molecule has 2 aliphatic heterocycles. The quantitative estimate of drug-likeness (QED) is 0.725. The summed E-state index contributed by atoms with van der Waals surface area (Å²) in [6.45, 7) is 3.14. The number of ether oxygens (including phenoxy) is 1. The minimum Gasteiger partial charge on any atom is -0.497 e. The van der Waals surface area contributed by atoms with Gasteiger partial charge in [0.1, 0.15) is 5.75 Å².